The highest BCUT2D eigenvalue weighted by atomic mass is 32.2. The zero-order valence-electron chi connectivity index (χ0n) is 18.1. The first-order valence-electron chi connectivity index (χ1n) is 9.82. The molecule has 160 valence electrons. The molecule has 2 heterocycles. The lowest BCUT2D eigenvalue weighted by atomic mass is 10.0. The number of thioether (sulfide) groups is 1. The molecule has 0 fully saturated rings. The summed E-state index contributed by atoms with van der Waals surface area (Å²) in [6, 6.07) is 11.6. The van der Waals surface area contributed by atoms with Crippen LogP contribution in [0.15, 0.2) is 41.6 Å². The molecule has 2 aromatic heterocycles. The molecule has 0 aliphatic carbocycles. The van der Waals surface area contributed by atoms with Gasteiger partial charge in [0.15, 0.2) is 10.8 Å². The van der Waals surface area contributed by atoms with E-state index in [0.717, 1.165) is 27.7 Å². The lowest BCUT2D eigenvalue weighted by molar-refractivity contribution is -0.113. The number of aryl methyl sites for hydroxylation is 3. The maximum absolute atomic E-state index is 12.7. The van der Waals surface area contributed by atoms with Crippen LogP contribution in [0.1, 0.15) is 16.7 Å². The molecule has 0 atom stereocenters. The number of nitrogens with one attached hydrogen (secondary N) is 1. The van der Waals surface area contributed by atoms with E-state index in [0.29, 0.717) is 22.3 Å². The minimum Gasteiger partial charge on any atom is -0.497 e. The molecule has 0 aliphatic rings. The van der Waals surface area contributed by atoms with E-state index >= 15 is 0 Å². The quantitative estimate of drug-likeness (QED) is 0.447. The normalized spacial score (nSPS) is 11.1. The summed E-state index contributed by atoms with van der Waals surface area (Å²) in [5.41, 5.74) is 5.81. The Bertz CT molecular complexity index is 1300. The van der Waals surface area contributed by atoms with Crippen molar-refractivity contribution in [2.24, 2.45) is 0 Å². The first-order chi connectivity index (χ1) is 14.9. The van der Waals surface area contributed by atoms with E-state index in [4.69, 9.17) is 9.47 Å². The van der Waals surface area contributed by atoms with Crippen LogP contribution in [0.3, 0.4) is 0 Å². The van der Waals surface area contributed by atoms with E-state index in [9.17, 15) is 4.79 Å². The lowest BCUT2D eigenvalue weighted by Crippen LogP contribution is -2.15. The standard InChI is InChI=1S/C23H24N4O3S/c1-13-6-7-14(2)21-17(13)10-15(3)22-25-26-23(27(21)22)31-12-20(28)24-18-11-16(29-4)8-9-19(18)30-5/h6-11H,12H2,1-5H3,(H,24,28). The minimum atomic E-state index is -0.168. The second-order valence-corrected chi connectivity index (χ2v) is 8.28. The molecular weight excluding hydrogens is 412 g/mol. The van der Waals surface area contributed by atoms with Gasteiger partial charge in [0.05, 0.1) is 31.2 Å². The highest BCUT2D eigenvalue weighted by Crippen LogP contribution is 2.31. The van der Waals surface area contributed by atoms with E-state index in [2.05, 4.69) is 52.0 Å². The fraction of sp³-hybridized carbons (Fsp3) is 0.261. The molecule has 4 aromatic rings. The second kappa shape index (κ2) is 8.47. The van der Waals surface area contributed by atoms with Gasteiger partial charge in [-0.05, 0) is 55.7 Å². The highest BCUT2D eigenvalue weighted by Gasteiger charge is 2.17. The third-order valence-electron chi connectivity index (χ3n) is 5.22. The van der Waals surface area contributed by atoms with Crippen molar-refractivity contribution < 1.29 is 14.3 Å². The van der Waals surface area contributed by atoms with Crippen LogP contribution in [0.4, 0.5) is 5.69 Å². The molecule has 1 amide bonds. The molecule has 31 heavy (non-hydrogen) atoms. The number of rotatable bonds is 6. The summed E-state index contributed by atoms with van der Waals surface area (Å²) in [5.74, 6) is 1.22. The fourth-order valence-electron chi connectivity index (χ4n) is 3.63. The van der Waals surface area contributed by atoms with Crippen LogP contribution in [0.25, 0.3) is 16.6 Å². The molecule has 0 saturated heterocycles. The average molecular weight is 437 g/mol. The number of hydrogen-bond acceptors (Lipinski definition) is 6. The Labute approximate surface area is 184 Å². The van der Waals surface area contributed by atoms with Crippen LogP contribution in [0.5, 0.6) is 11.5 Å². The number of carbonyl (C=O) groups excluding carboxylic acids is 1. The number of pyridine rings is 1. The van der Waals surface area contributed by atoms with Crippen molar-refractivity contribution >= 4 is 39.9 Å². The Kier molecular flexibility index (Phi) is 5.73. The van der Waals surface area contributed by atoms with Crippen molar-refractivity contribution in [3.63, 3.8) is 0 Å². The molecule has 0 aliphatic heterocycles. The van der Waals surface area contributed by atoms with Gasteiger partial charge < -0.3 is 14.8 Å². The average Bonchev–Trinajstić information content (AvgIpc) is 3.19. The summed E-state index contributed by atoms with van der Waals surface area (Å²) in [7, 11) is 3.14. The van der Waals surface area contributed by atoms with E-state index in [1.807, 2.05) is 6.92 Å². The van der Waals surface area contributed by atoms with Gasteiger partial charge >= 0.3 is 0 Å². The van der Waals surface area contributed by atoms with Gasteiger partial charge in [0.2, 0.25) is 5.91 Å². The van der Waals surface area contributed by atoms with Crippen LogP contribution in [0, 0.1) is 20.8 Å². The summed E-state index contributed by atoms with van der Waals surface area (Å²) in [4.78, 5) is 12.7. The zero-order valence-corrected chi connectivity index (χ0v) is 19.0. The van der Waals surface area contributed by atoms with Gasteiger partial charge in [-0.1, -0.05) is 23.9 Å². The lowest BCUT2D eigenvalue weighted by Gasteiger charge is -2.12. The number of anilines is 1. The van der Waals surface area contributed by atoms with Gasteiger partial charge in [-0.3, -0.25) is 9.20 Å². The molecule has 0 spiro atoms. The van der Waals surface area contributed by atoms with Crippen LogP contribution >= 0.6 is 11.8 Å². The van der Waals surface area contributed by atoms with E-state index in [1.165, 1.54) is 17.3 Å². The predicted molar refractivity (Wildman–Crippen MR) is 124 cm³/mol. The molecule has 0 bridgehead atoms. The number of aromatic nitrogens is 3. The van der Waals surface area contributed by atoms with Crippen molar-refractivity contribution in [3.05, 3.63) is 53.1 Å². The fourth-order valence-corrected chi connectivity index (χ4v) is 4.36. The van der Waals surface area contributed by atoms with Crippen LogP contribution in [-0.2, 0) is 4.79 Å². The minimum absolute atomic E-state index is 0.168. The van der Waals surface area contributed by atoms with Crippen molar-refractivity contribution in [2.45, 2.75) is 25.9 Å². The Morgan fingerprint density at radius 2 is 1.77 bits per heavy atom. The van der Waals surface area contributed by atoms with Crippen molar-refractivity contribution in [3.8, 4) is 11.5 Å². The largest absolute Gasteiger partial charge is 0.497 e. The van der Waals surface area contributed by atoms with Crippen LogP contribution < -0.4 is 14.8 Å². The summed E-state index contributed by atoms with van der Waals surface area (Å²) >= 11 is 1.35. The zero-order chi connectivity index (χ0) is 22.1. The number of carbonyl (C=O) groups is 1. The molecule has 8 heteroatoms. The number of methoxy groups -OCH3 is 2. The summed E-state index contributed by atoms with van der Waals surface area (Å²) < 4.78 is 12.6. The number of fused-ring (bicyclic) bond motifs is 3. The Morgan fingerprint density at radius 1 is 1.00 bits per heavy atom. The van der Waals surface area contributed by atoms with Gasteiger partial charge in [0.25, 0.3) is 0 Å². The predicted octanol–water partition coefficient (Wildman–Crippen LogP) is 4.56. The topological polar surface area (TPSA) is 77.8 Å². The highest BCUT2D eigenvalue weighted by molar-refractivity contribution is 7.99. The first-order valence-corrected chi connectivity index (χ1v) is 10.8. The number of benzene rings is 2. The third-order valence-corrected chi connectivity index (χ3v) is 6.15. The van der Waals surface area contributed by atoms with Crippen molar-refractivity contribution in [1.82, 2.24) is 14.6 Å². The van der Waals surface area contributed by atoms with Gasteiger partial charge in [-0.15, -0.1) is 10.2 Å². The molecular formula is C23H24N4O3S. The monoisotopic (exact) mass is 436 g/mol. The Balaban J connectivity index is 1.63. The van der Waals surface area contributed by atoms with Gasteiger partial charge in [-0.25, -0.2) is 0 Å². The van der Waals surface area contributed by atoms with Gasteiger partial charge in [0, 0.05) is 11.5 Å². The molecule has 0 unspecified atom stereocenters. The molecule has 4 rings (SSSR count). The SMILES string of the molecule is COc1ccc(OC)c(NC(=O)CSc2nnc3c(C)cc4c(C)ccc(C)c4n23)c1. The van der Waals surface area contributed by atoms with Gasteiger partial charge in [-0.2, -0.15) is 0 Å². The van der Waals surface area contributed by atoms with Crippen LogP contribution in [0.2, 0.25) is 0 Å². The molecule has 1 N–H and O–H groups in total. The molecule has 2 aromatic carbocycles. The maximum Gasteiger partial charge on any atom is 0.234 e. The molecule has 0 radical (unpaired) electrons. The maximum atomic E-state index is 12.7. The Morgan fingerprint density at radius 3 is 2.52 bits per heavy atom. The smallest absolute Gasteiger partial charge is 0.234 e. The molecule has 7 nitrogen and oxygen atoms in total. The number of hydrogen-bond donors (Lipinski definition) is 1. The van der Waals surface area contributed by atoms with Gasteiger partial charge in [0.1, 0.15) is 11.5 Å². The second-order valence-electron chi connectivity index (χ2n) is 7.33. The summed E-state index contributed by atoms with van der Waals surface area (Å²) in [6.07, 6.45) is 0. The number of amides is 1. The summed E-state index contributed by atoms with van der Waals surface area (Å²) in [5, 5.41) is 13.5. The first kappa shape index (κ1) is 21.0. The Hall–Kier alpha value is -3.26. The van der Waals surface area contributed by atoms with Crippen molar-refractivity contribution in [1.29, 1.82) is 0 Å². The summed E-state index contributed by atoms with van der Waals surface area (Å²) in [6.45, 7) is 6.20. The number of ether oxygens (including phenoxy) is 2. The van der Waals surface area contributed by atoms with Crippen LogP contribution in [-0.4, -0.2) is 40.5 Å². The number of nitrogens with zero attached hydrogens (tertiary/aromatic N) is 3. The van der Waals surface area contributed by atoms with Crippen molar-refractivity contribution in [2.75, 3.05) is 25.3 Å². The van der Waals surface area contributed by atoms with E-state index in [1.54, 1.807) is 32.4 Å². The molecule has 0 saturated carbocycles. The van der Waals surface area contributed by atoms with E-state index in [-0.39, 0.29) is 11.7 Å². The van der Waals surface area contributed by atoms with E-state index < -0.39 is 0 Å². The third kappa shape index (κ3) is 3.90.